The molecule has 0 unspecified atom stereocenters. The van der Waals surface area contributed by atoms with Crippen LogP contribution in [0.2, 0.25) is 0 Å². The Hall–Kier alpha value is -2.38. The summed E-state index contributed by atoms with van der Waals surface area (Å²) in [6.45, 7) is 7.46. The number of hydrogen-bond donors (Lipinski definition) is 0. The van der Waals surface area contributed by atoms with E-state index in [2.05, 4.69) is 13.2 Å². The summed E-state index contributed by atoms with van der Waals surface area (Å²) in [5.74, 6) is 0.597. The molecule has 20 heavy (non-hydrogen) atoms. The third kappa shape index (κ3) is 3.81. The van der Waals surface area contributed by atoms with E-state index >= 15 is 0 Å². The van der Waals surface area contributed by atoms with Gasteiger partial charge in [-0.1, -0.05) is 60.7 Å². The molecule has 2 aromatic rings. The maximum Gasteiger partial charge on any atom is 0.805 e. The highest BCUT2D eigenvalue weighted by atomic mass is 31.1. The zero-order chi connectivity index (χ0) is 14.4. The average Bonchev–Trinajstić information content (AvgIpc) is 2.49. The molecule has 0 bridgehead atoms. The molecule has 0 saturated heterocycles. The van der Waals surface area contributed by atoms with Crippen molar-refractivity contribution in [2.45, 2.75) is 0 Å². The third-order valence-corrected chi connectivity index (χ3v) is 3.30. The van der Waals surface area contributed by atoms with Gasteiger partial charge in [0.25, 0.3) is 0 Å². The van der Waals surface area contributed by atoms with Gasteiger partial charge < -0.3 is 0 Å². The van der Waals surface area contributed by atoms with Crippen LogP contribution < -0.4 is 0 Å². The van der Waals surface area contributed by atoms with Crippen molar-refractivity contribution in [1.29, 1.82) is 0 Å². The fourth-order valence-corrected chi connectivity index (χ4v) is 2.16. The van der Waals surface area contributed by atoms with Crippen LogP contribution >= 0.6 is 8.25 Å². The monoisotopic (exact) mass is 285 g/mol. The van der Waals surface area contributed by atoms with E-state index in [9.17, 15) is 4.57 Å². The zero-order valence-corrected chi connectivity index (χ0v) is 11.8. The summed E-state index contributed by atoms with van der Waals surface area (Å²) < 4.78 is 22.1. The van der Waals surface area contributed by atoms with Crippen LogP contribution in [-0.4, -0.2) is 0 Å². The van der Waals surface area contributed by atoms with Crippen molar-refractivity contribution >= 4 is 19.8 Å². The van der Waals surface area contributed by atoms with Crippen molar-refractivity contribution in [3.05, 3.63) is 84.9 Å². The van der Waals surface area contributed by atoms with Crippen LogP contribution in [0.1, 0.15) is 11.1 Å². The van der Waals surface area contributed by atoms with Gasteiger partial charge in [-0.15, -0.1) is 0 Å². The van der Waals surface area contributed by atoms with Gasteiger partial charge in [-0.25, -0.2) is 9.05 Å². The van der Waals surface area contributed by atoms with Crippen molar-refractivity contribution in [1.82, 2.24) is 0 Å². The lowest BCUT2D eigenvalue weighted by Gasteiger charge is -2.00. The molecule has 0 spiro atoms. The van der Waals surface area contributed by atoms with Gasteiger partial charge in [0, 0.05) is 15.7 Å². The molecule has 0 aromatic heterocycles. The minimum absolute atomic E-state index is 0.299. The van der Waals surface area contributed by atoms with Crippen LogP contribution in [0.15, 0.2) is 73.8 Å². The molecule has 4 heteroatoms. The quantitative estimate of drug-likeness (QED) is 0.552. The summed E-state index contributed by atoms with van der Waals surface area (Å²) >= 11 is 0. The standard InChI is InChI=1S/C16H14O3P/c1-13(15-9-5-3-6-10-15)18-20(17)19-14(2)16-11-7-4-8-12-16/h3-12H,1-2H2/q+1. The van der Waals surface area contributed by atoms with E-state index in [0.717, 1.165) is 11.1 Å². The fraction of sp³-hybridized carbons (Fsp3) is 0. The SMILES string of the molecule is C=C(O[P+](=O)OC(=C)c1ccccc1)c1ccccc1. The first-order valence-electron chi connectivity index (χ1n) is 5.98. The summed E-state index contributed by atoms with van der Waals surface area (Å²) in [4.78, 5) is 0. The lowest BCUT2D eigenvalue weighted by Crippen LogP contribution is -1.87. The van der Waals surface area contributed by atoms with Crippen LogP contribution in [0, 0.1) is 0 Å². The molecule has 0 aliphatic rings. The van der Waals surface area contributed by atoms with E-state index in [-0.39, 0.29) is 0 Å². The molecule has 0 saturated carbocycles. The molecular formula is C16H14O3P+. The highest BCUT2D eigenvalue weighted by Crippen LogP contribution is 2.36. The second-order valence-corrected chi connectivity index (χ2v) is 4.80. The second-order valence-electron chi connectivity index (χ2n) is 3.98. The Labute approximate surface area is 119 Å². The fourth-order valence-electron chi connectivity index (χ4n) is 1.55. The molecular weight excluding hydrogens is 271 g/mol. The van der Waals surface area contributed by atoms with E-state index in [1.165, 1.54) is 0 Å². The summed E-state index contributed by atoms with van der Waals surface area (Å²) in [7, 11) is -2.36. The van der Waals surface area contributed by atoms with Crippen molar-refractivity contribution in [3.63, 3.8) is 0 Å². The number of rotatable bonds is 6. The predicted molar refractivity (Wildman–Crippen MR) is 80.7 cm³/mol. The number of hydrogen-bond acceptors (Lipinski definition) is 3. The highest BCUT2D eigenvalue weighted by molar-refractivity contribution is 7.34. The van der Waals surface area contributed by atoms with Crippen LogP contribution in [0.25, 0.3) is 11.5 Å². The third-order valence-electron chi connectivity index (χ3n) is 2.56. The van der Waals surface area contributed by atoms with E-state index in [1.54, 1.807) is 0 Å². The Morgan fingerprint density at radius 1 is 0.750 bits per heavy atom. The van der Waals surface area contributed by atoms with Crippen LogP contribution in [0.5, 0.6) is 0 Å². The van der Waals surface area contributed by atoms with Crippen LogP contribution in [-0.2, 0) is 13.6 Å². The van der Waals surface area contributed by atoms with Crippen molar-refractivity contribution < 1.29 is 13.6 Å². The molecule has 100 valence electrons. The minimum Gasteiger partial charge on any atom is -0.222 e. The second kappa shape index (κ2) is 6.69. The van der Waals surface area contributed by atoms with Gasteiger partial charge in [0.2, 0.25) is 0 Å². The molecule has 2 rings (SSSR count). The topological polar surface area (TPSA) is 35.5 Å². The van der Waals surface area contributed by atoms with Crippen molar-refractivity contribution in [2.24, 2.45) is 0 Å². The summed E-state index contributed by atoms with van der Waals surface area (Å²) in [5.41, 5.74) is 1.51. The molecule has 0 amide bonds. The van der Waals surface area contributed by atoms with Gasteiger partial charge in [-0.2, -0.15) is 0 Å². The van der Waals surface area contributed by atoms with Gasteiger partial charge in [-0.05, 0) is 13.2 Å². The Morgan fingerprint density at radius 2 is 1.10 bits per heavy atom. The molecule has 0 radical (unpaired) electrons. The van der Waals surface area contributed by atoms with E-state index in [1.807, 2.05) is 60.7 Å². The van der Waals surface area contributed by atoms with Crippen molar-refractivity contribution in [2.75, 3.05) is 0 Å². The Morgan fingerprint density at radius 3 is 1.45 bits per heavy atom. The molecule has 0 aliphatic carbocycles. The van der Waals surface area contributed by atoms with E-state index in [0.29, 0.717) is 11.5 Å². The summed E-state index contributed by atoms with van der Waals surface area (Å²) in [5, 5.41) is 0. The number of benzene rings is 2. The molecule has 0 heterocycles. The van der Waals surface area contributed by atoms with Crippen LogP contribution in [0.4, 0.5) is 0 Å². The van der Waals surface area contributed by atoms with Gasteiger partial charge >= 0.3 is 8.25 Å². The van der Waals surface area contributed by atoms with Gasteiger partial charge in [0.1, 0.15) is 0 Å². The lowest BCUT2D eigenvalue weighted by atomic mass is 10.2. The Kier molecular flexibility index (Phi) is 4.70. The molecule has 0 aliphatic heterocycles. The summed E-state index contributed by atoms with van der Waals surface area (Å²) in [6.07, 6.45) is 0. The first-order valence-corrected chi connectivity index (χ1v) is 7.08. The molecule has 3 nitrogen and oxygen atoms in total. The molecule has 2 aromatic carbocycles. The smallest absolute Gasteiger partial charge is 0.222 e. The largest absolute Gasteiger partial charge is 0.805 e. The first kappa shape index (κ1) is 14.0. The van der Waals surface area contributed by atoms with Gasteiger partial charge in [-0.3, -0.25) is 0 Å². The normalized spacial score (nSPS) is 9.60. The average molecular weight is 285 g/mol. The minimum atomic E-state index is -2.36. The van der Waals surface area contributed by atoms with E-state index < -0.39 is 8.25 Å². The Balaban J connectivity index is 1.93. The van der Waals surface area contributed by atoms with Gasteiger partial charge in [0.15, 0.2) is 11.5 Å². The predicted octanol–water partition coefficient (Wildman–Crippen LogP) is 5.02. The van der Waals surface area contributed by atoms with Gasteiger partial charge in [0.05, 0.1) is 0 Å². The zero-order valence-electron chi connectivity index (χ0n) is 10.9. The summed E-state index contributed by atoms with van der Waals surface area (Å²) in [6, 6.07) is 18.4. The van der Waals surface area contributed by atoms with Crippen molar-refractivity contribution in [3.8, 4) is 0 Å². The molecule has 0 fully saturated rings. The van der Waals surface area contributed by atoms with E-state index in [4.69, 9.17) is 9.05 Å². The maximum absolute atomic E-state index is 11.8. The highest BCUT2D eigenvalue weighted by Gasteiger charge is 2.26. The van der Waals surface area contributed by atoms with Crippen LogP contribution in [0.3, 0.4) is 0 Å². The molecule has 0 atom stereocenters. The molecule has 0 N–H and O–H groups in total. The lowest BCUT2D eigenvalue weighted by molar-refractivity contribution is 0.383. The maximum atomic E-state index is 11.8. The Bertz CT molecular complexity index is 565. The first-order chi connectivity index (χ1) is 9.66.